The van der Waals surface area contributed by atoms with Gasteiger partial charge in [0.15, 0.2) is 10.9 Å². The standard InChI is InChI=1S/C19H13ClFNO4S2/c1-25-17(23)10-26-13-5-2-11(3-6-13)8-16-18(24)22(19(27)28-16)12-4-7-15(21)14(20)9-12/h2-9H,10H2,1H3/b16-8-. The minimum atomic E-state index is -0.569. The molecule has 0 radical (unpaired) electrons. The predicted molar refractivity (Wildman–Crippen MR) is 111 cm³/mol. The van der Waals surface area contributed by atoms with Crippen molar-refractivity contribution < 1.29 is 23.5 Å². The SMILES string of the molecule is COC(=O)COc1ccc(/C=C2\SC(=S)N(c3ccc(F)c(Cl)c3)C2=O)cc1. The van der Waals surface area contributed by atoms with Gasteiger partial charge in [-0.15, -0.1) is 0 Å². The number of esters is 1. The number of nitrogens with zero attached hydrogens (tertiary/aromatic N) is 1. The second kappa shape index (κ2) is 8.72. The molecule has 9 heteroatoms. The number of anilines is 1. The fraction of sp³-hybridized carbons (Fsp3) is 0.105. The van der Waals surface area contributed by atoms with E-state index < -0.39 is 11.8 Å². The van der Waals surface area contributed by atoms with Crippen LogP contribution in [0.15, 0.2) is 47.4 Å². The van der Waals surface area contributed by atoms with Crippen molar-refractivity contribution in [2.75, 3.05) is 18.6 Å². The molecule has 1 aliphatic rings. The number of carbonyl (C=O) groups is 2. The number of thiocarbonyl (C=S) groups is 1. The summed E-state index contributed by atoms with van der Waals surface area (Å²) in [4.78, 5) is 25.6. The average Bonchev–Trinajstić information content (AvgIpc) is 2.96. The number of thioether (sulfide) groups is 1. The van der Waals surface area contributed by atoms with Crippen LogP contribution in [-0.4, -0.2) is 29.9 Å². The first-order valence-electron chi connectivity index (χ1n) is 7.91. The van der Waals surface area contributed by atoms with Crippen LogP contribution in [0.1, 0.15) is 5.56 Å². The van der Waals surface area contributed by atoms with Gasteiger partial charge in [0.1, 0.15) is 11.6 Å². The zero-order valence-corrected chi connectivity index (χ0v) is 16.9. The topological polar surface area (TPSA) is 55.8 Å². The second-order valence-corrected chi connectivity index (χ2v) is 7.63. The first-order valence-corrected chi connectivity index (χ1v) is 9.52. The van der Waals surface area contributed by atoms with Gasteiger partial charge in [0.05, 0.1) is 22.7 Å². The molecule has 1 fully saturated rings. The molecule has 0 unspecified atom stereocenters. The summed E-state index contributed by atoms with van der Waals surface area (Å²) in [6, 6.07) is 10.8. The van der Waals surface area contributed by atoms with E-state index in [-0.39, 0.29) is 17.5 Å². The van der Waals surface area contributed by atoms with E-state index in [2.05, 4.69) is 4.74 Å². The van der Waals surface area contributed by atoms with Gasteiger partial charge in [0.2, 0.25) is 0 Å². The molecule has 1 aliphatic heterocycles. The van der Waals surface area contributed by atoms with Gasteiger partial charge < -0.3 is 9.47 Å². The van der Waals surface area contributed by atoms with E-state index in [1.54, 1.807) is 30.3 Å². The number of amides is 1. The molecule has 28 heavy (non-hydrogen) atoms. The molecule has 5 nitrogen and oxygen atoms in total. The summed E-state index contributed by atoms with van der Waals surface area (Å²) in [6.07, 6.45) is 1.69. The molecule has 0 atom stereocenters. The largest absolute Gasteiger partial charge is 0.482 e. The highest BCUT2D eigenvalue weighted by Gasteiger charge is 2.33. The van der Waals surface area contributed by atoms with E-state index in [4.69, 9.17) is 28.6 Å². The highest BCUT2D eigenvalue weighted by Crippen LogP contribution is 2.37. The Hall–Kier alpha value is -2.42. The fourth-order valence-electron chi connectivity index (χ4n) is 2.33. The van der Waals surface area contributed by atoms with Gasteiger partial charge in [0, 0.05) is 0 Å². The number of benzene rings is 2. The van der Waals surface area contributed by atoms with Gasteiger partial charge >= 0.3 is 5.97 Å². The molecule has 0 saturated carbocycles. The molecule has 1 amide bonds. The lowest BCUT2D eigenvalue weighted by molar-refractivity contribution is -0.142. The maximum absolute atomic E-state index is 13.4. The summed E-state index contributed by atoms with van der Waals surface area (Å²) < 4.78 is 23.5. The lowest BCUT2D eigenvalue weighted by atomic mass is 10.2. The van der Waals surface area contributed by atoms with Gasteiger partial charge in [-0.2, -0.15) is 0 Å². The summed E-state index contributed by atoms with van der Waals surface area (Å²) in [7, 11) is 1.28. The van der Waals surface area contributed by atoms with Crippen molar-refractivity contribution in [3.8, 4) is 5.75 Å². The smallest absolute Gasteiger partial charge is 0.343 e. The molecular weight excluding hydrogens is 425 g/mol. The maximum atomic E-state index is 13.4. The number of ether oxygens (including phenoxy) is 2. The van der Waals surface area contributed by atoms with E-state index >= 15 is 0 Å². The summed E-state index contributed by atoms with van der Waals surface area (Å²) in [5.74, 6) is -0.866. The van der Waals surface area contributed by atoms with E-state index in [1.807, 2.05) is 0 Å². The highest BCUT2D eigenvalue weighted by molar-refractivity contribution is 8.27. The maximum Gasteiger partial charge on any atom is 0.343 e. The van der Waals surface area contributed by atoms with Crippen molar-refractivity contribution in [1.29, 1.82) is 0 Å². The third kappa shape index (κ3) is 4.52. The summed E-state index contributed by atoms with van der Waals surface area (Å²) in [5.41, 5.74) is 1.16. The van der Waals surface area contributed by atoms with Crippen molar-refractivity contribution in [2.45, 2.75) is 0 Å². The van der Waals surface area contributed by atoms with Gasteiger partial charge in [-0.3, -0.25) is 9.69 Å². The van der Waals surface area contributed by atoms with Gasteiger partial charge in [-0.1, -0.05) is 47.7 Å². The number of rotatable bonds is 5. The summed E-state index contributed by atoms with van der Waals surface area (Å²) >= 11 is 12.2. The molecule has 3 rings (SSSR count). The molecule has 1 heterocycles. The van der Waals surface area contributed by atoms with Crippen LogP contribution < -0.4 is 9.64 Å². The van der Waals surface area contributed by atoms with Gasteiger partial charge in [0.25, 0.3) is 5.91 Å². The molecule has 0 N–H and O–H groups in total. The van der Waals surface area contributed by atoms with Crippen molar-refractivity contribution in [3.63, 3.8) is 0 Å². The Morgan fingerprint density at radius 2 is 2.00 bits per heavy atom. The summed E-state index contributed by atoms with van der Waals surface area (Å²) in [5, 5.41) is -0.0851. The van der Waals surface area contributed by atoms with Crippen molar-refractivity contribution in [1.82, 2.24) is 0 Å². The molecule has 0 spiro atoms. The molecular formula is C19H13ClFNO4S2. The van der Waals surface area contributed by atoms with Gasteiger partial charge in [-0.25, -0.2) is 9.18 Å². The van der Waals surface area contributed by atoms with E-state index in [1.165, 1.54) is 30.2 Å². The van der Waals surface area contributed by atoms with Crippen molar-refractivity contribution in [2.24, 2.45) is 0 Å². The number of hydrogen-bond acceptors (Lipinski definition) is 6. The Kier molecular flexibility index (Phi) is 6.33. The molecule has 1 saturated heterocycles. The zero-order chi connectivity index (χ0) is 20.3. The number of methoxy groups -OCH3 is 1. The first kappa shape index (κ1) is 20.3. The van der Waals surface area contributed by atoms with E-state index in [0.717, 1.165) is 17.3 Å². The normalized spacial score (nSPS) is 15.2. The van der Waals surface area contributed by atoms with Crippen LogP contribution in [0.2, 0.25) is 5.02 Å². The minimum absolute atomic E-state index is 0.0851. The van der Waals surface area contributed by atoms with Gasteiger partial charge in [-0.05, 0) is 42.0 Å². The highest BCUT2D eigenvalue weighted by atomic mass is 35.5. The number of halogens is 2. The van der Waals surface area contributed by atoms with Crippen molar-refractivity contribution >= 4 is 63.5 Å². The van der Waals surface area contributed by atoms with Crippen LogP contribution in [0.3, 0.4) is 0 Å². The third-order valence-corrected chi connectivity index (χ3v) is 5.31. The van der Waals surface area contributed by atoms with Crippen LogP contribution >= 0.6 is 35.6 Å². The molecule has 144 valence electrons. The number of hydrogen-bond donors (Lipinski definition) is 0. The van der Waals surface area contributed by atoms with Crippen molar-refractivity contribution in [3.05, 3.63) is 63.8 Å². The third-order valence-electron chi connectivity index (χ3n) is 3.72. The minimum Gasteiger partial charge on any atom is -0.482 e. The fourth-order valence-corrected chi connectivity index (χ4v) is 3.80. The van der Waals surface area contributed by atoms with Crippen LogP contribution in [0.5, 0.6) is 5.75 Å². The lowest BCUT2D eigenvalue weighted by Gasteiger charge is -2.14. The van der Waals surface area contributed by atoms with E-state index in [9.17, 15) is 14.0 Å². The molecule has 0 aliphatic carbocycles. The van der Waals surface area contributed by atoms with Crippen LogP contribution in [0, 0.1) is 5.82 Å². The Bertz CT molecular complexity index is 978. The summed E-state index contributed by atoms with van der Waals surface area (Å²) in [6.45, 7) is -0.186. The molecule has 0 aromatic heterocycles. The Labute approximate surface area is 175 Å². The molecule has 2 aromatic rings. The Morgan fingerprint density at radius 3 is 2.64 bits per heavy atom. The predicted octanol–water partition coefficient (Wildman–Crippen LogP) is 4.44. The molecule has 0 bridgehead atoms. The Morgan fingerprint density at radius 1 is 1.29 bits per heavy atom. The molecule has 2 aromatic carbocycles. The average molecular weight is 438 g/mol. The quantitative estimate of drug-likeness (QED) is 0.391. The first-order chi connectivity index (χ1) is 13.4. The van der Waals surface area contributed by atoms with E-state index in [0.29, 0.717) is 20.7 Å². The zero-order valence-electron chi connectivity index (χ0n) is 14.5. The Balaban J connectivity index is 1.76. The van der Waals surface area contributed by atoms with Crippen LogP contribution in [-0.2, 0) is 14.3 Å². The lowest BCUT2D eigenvalue weighted by Crippen LogP contribution is -2.27. The second-order valence-electron chi connectivity index (χ2n) is 5.55. The van der Waals surface area contributed by atoms with Crippen LogP contribution in [0.4, 0.5) is 10.1 Å². The number of carbonyl (C=O) groups excluding carboxylic acids is 2. The van der Waals surface area contributed by atoms with Crippen LogP contribution in [0.25, 0.3) is 6.08 Å². The monoisotopic (exact) mass is 437 g/mol.